The maximum atomic E-state index is 12.4. The Kier molecular flexibility index (Phi) is 5.53. The van der Waals surface area contributed by atoms with Crippen LogP contribution in [-0.4, -0.2) is 22.1 Å². The van der Waals surface area contributed by atoms with Crippen molar-refractivity contribution in [1.29, 1.82) is 0 Å². The van der Waals surface area contributed by atoms with Crippen LogP contribution in [0, 0.1) is 5.41 Å². The van der Waals surface area contributed by atoms with E-state index in [-0.39, 0.29) is 33.9 Å². The van der Waals surface area contributed by atoms with E-state index in [0.717, 1.165) is 0 Å². The first-order valence-corrected chi connectivity index (χ1v) is 8.31. The number of carbonyl (C=O) groups is 1. The van der Waals surface area contributed by atoms with Gasteiger partial charge >= 0.3 is 6.03 Å². The van der Waals surface area contributed by atoms with Crippen LogP contribution in [0.4, 0.5) is 10.7 Å². The van der Waals surface area contributed by atoms with E-state index >= 15 is 0 Å². The van der Waals surface area contributed by atoms with Crippen LogP contribution in [0.1, 0.15) is 67.9 Å². The van der Waals surface area contributed by atoms with Gasteiger partial charge in [-0.25, -0.2) is 4.79 Å². The first-order chi connectivity index (χ1) is 10.6. The van der Waals surface area contributed by atoms with Gasteiger partial charge in [-0.3, -0.25) is 10.1 Å². The maximum Gasteiger partial charge on any atom is 0.321 e. The zero-order valence-electron chi connectivity index (χ0n) is 16.5. The van der Waals surface area contributed by atoms with Crippen molar-refractivity contribution in [3.63, 3.8) is 0 Å². The molecule has 0 saturated heterocycles. The molecule has 0 atom stereocenters. The molecule has 2 N–H and O–H groups in total. The monoisotopic (exact) mass is 336 g/mol. The molecule has 0 aliphatic heterocycles. The number of nitrogens with zero attached hydrogens (tertiary/aromatic N) is 2. The SMILES string of the molecule is CC(C)(C)CNC(=O)Nc1nc(=O)c(C(C)(C)C)cn1C(C)(C)C. The third-order valence-electron chi connectivity index (χ3n) is 3.46. The normalized spacial score (nSPS) is 12.9. The average molecular weight is 336 g/mol. The maximum absolute atomic E-state index is 12.4. The van der Waals surface area contributed by atoms with Crippen LogP contribution in [-0.2, 0) is 11.0 Å². The van der Waals surface area contributed by atoms with Gasteiger partial charge in [0.05, 0.1) is 0 Å². The molecule has 0 aliphatic rings. The molecule has 6 nitrogen and oxygen atoms in total. The lowest BCUT2D eigenvalue weighted by molar-refractivity contribution is 0.246. The number of amides is 2. The molecule has 24 heavy (non-hydrogen) atoms. The van der Waals surface area contributed by atoms with Gasteiger partial charge in [0.15, 0.2) is 0 Å². The van der Waals surface area contributed by atoms with Gasteiger partial charge < -0.3 is 9.88 Å². The van der Waals surface area contributed by atoms with Crippen LogP contribution >= 0.6 is 0 Å². The summed E-state index contributed by atoms with van der Waals surface area (Å²) in [6.45, 7) is 18.6. The lowest BCUT2D eigenvalue weighted by Gasteiger charge is -2.29. The fourth-order valence-electron chi connectivity index (χ4n) is 2.06. The smallest absolute Gasteiger partial charge is 0.321 e. The van der Waals surface area contributed by atoms with Crippen molar-refractivity contribution in [2.45, 2.75) is 73.3 Å². The molecule has 1 aromatic heterocycles. The zero-order chi connectivity index (χ0) is 18.9. The van der Waals surface area contributed by atoms with Crippen molar-refractivity contribution in [3.05, 3.63) is 22.1 Å². The second-order valence-corrected chi connectivity index (χ2v) is 9.44. The minimum absolute atomic E-state index is 0.0233. The number of urea groups is 1. The highest BCUT2D eigenvalue weighted by molar-refractivity contribution is 5.87. The standard InChI is InChI=1S/C18H32N4O2/c1-16(2,3)11-19-15(24)21-14-20-13(23)12(17(4,5)6)10-22(14)18(7,8)9/h10H,11H2,1-9H3,(H2,19,20,21,23,24). The van der Waals surface area contributed by atoms with Gasteiger partial charge in [-0.1, -0.05) is 41.5 Å². The molecule has 0 unspecified atom stereocenters. The second-order valence-electron chi connectivity index (χ2n) is 9.44. The fourth-order valence-corrected chi connectivity index (χ4v) is 2.06. The molecule has 1 aromatic rings. The topological polar surface area (TPSA) is 76.0 Å². The molecule has 0 bridgehead atoms. The Morgan fingerprint density at radius 2 is 1.62 bits per heavy atom. The summed E-state index contributed by atoms with van der Waals surface area (Å²) in [6.07, 6.45) is 1.80. The van der Waals surface area contributed by atoms with Gasteiger partial charge in [-0.2, -0.15) is 4.98 Å². The highest BCUT2D eigenvalue weighted by Crippen LogP contribution is 2.24. The minimum Gasteiger partial charge on any atom is -0.337 e. The largest absolute Gasteiger partial charge is 0.337 e. The van der Waals surface area contributed by atoms with E-state index in [2.05, 4.69) is 15.6 Å². The number of rotatable bonds is 2. The number of hydrogen-bond donors (Lipinski definition) is 2. The summed E-state index contributed by atoms with van der Waals surface area (Å²) < 4.78 is 1.84. The van der Waals surface area contributed by atoms with Crippen LogP contribution in [0.2, 0.25) is 0 Å². The first kappa shape index (κ1) is 20.2. The Bertz CT molecular complexity index is 656. The summed E-state index contributed by atoms with van der Waals surface area (Å²) in [5.74, 6) is 0.256. The highest BCUT2D eigenvalue weighted by Gasteiger charge is 2.25. The molecule has 0 aliphatic carbocycles. The van der Waals surface area contributed by atoms with Crippen molar-refractivity contribution >= 4 is 12.0 Å². The summed E-state index contributed by atoms with van der Waals surface area (Å²) in [6, 6.07) is -0.363. The molecule has 0 aromatic carbocycles. The van der Waals surface area contributed by atoms with E-state index in [9.17, 15) is 9.59 Å². The van der Waals surface area contributed by atoms with Crippen LogP contribution in [0.25, 0.3) is 0 Å². The molecule has 0 radical (unpaired) electrons. The Hall–Kier alpha value is -1.85. The van der Waals surface area contributed by atoms with Crippen LogP contribution in [0.3, 0.4) is 0 Å². The van der Waals surface area contributed by atoms with Crippen molar-refractivity contribution in [2.75, 3.05) is 11.9 Å². The molecule has 0 saturated carbocycles. The Balaban J connectivity index is 3.21. The summed E-state index contributed by atoms with van der Waals surface area (Å²) >= 11 is 0. The van der Waals surface area contributed by atoms with Crippen LogP contribution in [0.5, 0.6) is 0 Å². The van der Waals surface area contributed by atoms with Crippen molar-refractivity contribution in [3.8, 4) is 0 Å². The molecule has 136 valence electrons. The van der Waals surface area contributed by atoms with Crippen molar-refractivity contribution < 1.29 is 4.79 Å². The van der Waals surface area contributed by atoms with E-state index in [1.165, 1.54) is 0 Å². The van der Waals surface area contributed by atoms with E-state index < -0.39 is 0 Å². The molecular weight excluding hydrogens is 304 g/mol. The number of aromatic nitrogens is 2. The van der Waals surface area contributed by atoms with Gasteiger partial charge in [0.25, 0.3) is 5.56 Å². The Morgan fingerprint density at radius 3 is 2.04 bits per heavy atom. The molecule has 1 heterocycles. The van der Waals surface area contributed by atoms with E-state index in [1.807, 2.05) is 66.9 Å². The summed E-state index contributed by atoms with van der Waals surface area (Å²) in [5, 5.41) is 5.52. The predicted octanol–water partition coefficient (Wildman–Crippen LogP) is 3.46. The predicted molar refractivity (Wildman–Crippen MR) is 98.7 cm³/mol. The van der Waals surface area contributed by atoms with Crippen LogP contribution in [0.15, 0.2) is 11.0 Å². The Morgan fingerprint density at radius 1 is 1.08 bits per heavy atom. The van der Waals surface area contributed by atoms with Gasteiger partial charge in [0.2, 0.25) is 5.95 Å². The summed E-state index contributed by atoms with van der Waals surface area (Å²) in [7, 11) is 0. The number of nitrogens with one attached hydrogen (secondary N) is 2. The molecule has 0 fully saturated rings. The molecule has 6 heteroatoms. The molecule has 0 spiro atoms. The van der Waals surface area contributed by atoms with Crippen molar-refractivity contribution in [1.82, 2.24) is 14.9 Å². The summed E-state index contributed by atoms with van der Waals surface area (Å²) in [4.78, 5) is 28.6. The van der Waals surface area contributed by atoms with Crippen LogP contribution < -0.4 is 16.2 Å². The highest BCUT2D eigenvalue weighted by atomic mass is 16.2. The van der Waals surface area contributed by atoms with E-state index in [1.54, 1.807) is 6.20 Å². The van der Waals surface area contributed by atoms with E-state index in [4.69, 9.17) is 0 Å². The third kappa shape index (κ3) is 5.65. The summed E-state index contributed by atoms with van der Waals surface area (Å²) in [5.41, 5.74) is -0.352. The first-order valence-electron chi connectivity index (χ1n) is 8.31. The van der Waals surface area contributed by atoms with Gasteiger partial charge in [-0.15, -0.1) is 0 Å². The molecular formula is C18H32N4O2. The number of anilines is 1. The van der Waals surface area contributed by atoms with Gasteiger partial charge in [-0.05, 0) is 31.6 Å². The quantitative estimate of drug-likeness (QED) is 0.868. The fraction of sp³-hybridized carbons (Fsp3) is 0.722. The van der Waals surface area contributed by atoms with E-state index in [0.29, 0.717) is 12.1 Å². The number of carbonyl (C=O) groups excluding carboxylic acids is 1. The van der Waals surface area contributed by atoms with Gasteiger partial charge in [0, 0.05) is 23.8 Å². The van der Waals surface area contributed by atoms with Crippen molar-refractivity contribution in [2.24, 2.45) is 5.41 Å². The minimum atomic E-state index is -0.363. The lowest BCUT2D eigenvalue weighted by atomic mass is 9.89. The molecule has 1 rings (SSSR count). The molecule has 2 amide bonds. The zero-order valence-corrected chi connectivity index (χ0v) is 16.5. The third-order valence-corrected chi connectivity index (χ3v) is 3.46. The average Bonchev–Trinajstić information content (AvgIpc) is 2.32. The Labute approximate surface area is 145 Å². The van der Waals surface area contributed by atoms with Gasteiger partial charge in [0.1, 0.15) is 0 Å². The second kappa shape index (κ2) is 6.57. The number of hydrogen-bond acceptors (Lipinski definition) is 3. The lowest BCUT2D eigenvalue weighted by Crippen LogP contribution is -2.39.